The molecule has 1 aliphatic heterocycles. The maximum atomic E-state index is 11.8. The highest BCUT2D eigenvalue weighted by Crippen LogP contribution is 2.20. The van der Waals surface area contributed by atoms with Crippen LogP contribution in [0, 0.1) is 5.92 Å². The molecular weight excluding hydrogens is 266 g/mol. The van der Waals surface area contributed by atoms with E-state index in [1.165, 1.54) is 25.9 Å². The highest BCUT2D eigenvalue weighted by molar-refractivity contribution is 5.74. The van der Waals surface area contributed by atoms with Gasteiger partial charge in [0.2, 0.25) is 0 Å². The molecule has 0 radical (unpaired) electrons. The Bertz CT molecular complexity index is 309. The van der Waals surface area contributed by atoms with Crippen LogP contribution < -0.4 is 10.6 Å². The van der Waals surface area contributed by atoms with Crippen LogP contribution in [0.5, 0.6) is 0 Å². The first-order chi connectivity index (χ1) is 10.2. The second-order valence-corrected chi connectivity index (χ2v) is 6.57. The van der Waals surface area contributed by atoms with Gasteiger partial charge in [-0.2, -0.15) is 0 Å². The molecule has 2 aliphatic rings. The first kappa shape index (κ1) is 16.6. The Balaban J connectivity index is 1.53. The van der Waals surface area contributed by atoms with Crippen LogP contribution in [-0.4, -0.2) is 54.4 Å². The number of amides is 2. The minimum absolute atomic E-state index is 0.0395. The lowest BCUT2D eigenvalue weighted by atomic mass is 9.93. The van der Waals surface area contributed by atoms with Crippen LogP contribution in [-0.2, 0) is 0 Å². The number of rotatable bonds is 5. The molecule has 0 aromatic rings. The molecule has 3 N–H and O–H groups in total. The van der Waals surface area contributed by atoms with E-state index in [1.54, 1.807) is 0 Å². The quantitative estimate of drug-likeness (QED) is 0.724. The van der Waals surface area contributed by atoms with Crippen LogP contribution in [0.4, 0.5) is 4.79 Å². The molecule has 2 amide bonds. The number of piperidine rings is 1. The molecule has 2 fully saturated rings. The van der Waals surface area contributed by atoms with Gasteiger partial charge in [0.25, 0.3) is 0 Å². The van der Waals surface area contributed by atoms with E-state index < -0.39 is 0 Å². The highest BCUT2D eigenvalue weighted by Gasteiger charge is 2.21. The van der Waals surface area contributed by atoms with Crippen molar-refractivity contribution in [1.82, 2.24) is 15.5 Å². The van der Waals surface area contributed by atoms with E-state index >= 15 is 0 Å². The van der Waals surface area contributed by atoms with Gasteiger partial charge in [-0.05, 0) is 70.5 Å². The summed E-state index contributed by atoms with van der Waals surface area (Å²) in [6.07, 6.45) is 6.85. The van der Waals surface area contributed by atoms with Gasteiger partial charge in [-0.1, -0.05) is 6.92 Å². The average Bonchev–Trinajstić information content (AvgIpc) is 2.50. The normalized spacial score (nSPS) is 28.3. The Hall–Kier alpha value is -0.810. The number of hydrogen-bond acceptors (Lipinski definition) is 3. The third kappa shape index (κ3) is 5.83. The predicted molar refractivity (Wildman–Crippen MR) is 84.3 cm³/mol. The molecule has 122 valence electrons. The lowest BCUT2D eigenvalue weighted by Crippen LogP contribution is -2.44. The maximum Gasteiger partial charge on any atom is 0.315 e. The topological polar surface area (TPSA) is 64.6 Å². The summed E-state index contributed by atoms with van der Waals surface area (Å²) in [7, 11) is 0. The zero-order valence-corrected chi connectivity index (χ0v) is 13.3. The third-order valence-corrected chi connectivity index (χ3v) is 5.02. The molecule has 0 bridgehead atoms. The van der Waals surface area contributed by atoms with Crippen molar-refractivity contribution in [2.75, 3.05) is 26.2 Å². The summed E-state index contributed by atoms with van der Waals surface area (Å²) in [5.74, 6) is 0.762. The van der Waals surface area contributed by atoms with Crippen molar-refractivity contribution < 1.29 is 9.90 Å². The Morgan fingerprint density at radius 3 is 2.43 bits per heavy atom. The number of nitrogens with zero attached hydrogens (tertiary/aromatic N) is 1. The van der Waals surface area contributed by atoms with E-state index in [4.69, 9.17) is 0 Å². The zero-order valence-electron chi connectivity index (χ0n) is 13.3. The summed E-state index contributed by atoms with van der Waals surface area (Å²) in [5.41, 5.74) is 0. The van der Waals surface area contributed by atoms with Crippen molar-refractivity contribution in [3.05, 3.63) is 0 Å². The molecule has 1 heterocycles. The fourth-order valence-corrected chi connectivity index (χ4v) is 3.44. The van der Waals surface area contributed by atoms with Crippen molar-refractivity contribution in [3.8, 4) is 0 Å². The van der Waals surface area contributed by atoms with Crippen molar-refractivity contribution >= 4 is 6.03 Å². The first-order valence-electron chi connectivity index (χ1n) is 8.62. The number of likely N-dealkylation sites (tertiary alicyclic amines) is 1. The van der Waals surface area contributed by atoms with Gasteiger partial charge < -0.3 is 20.6 Å². The number of nitrogens with one attached hydrogen (secondary N) is 2. The van der Waals surface area contributed by atoms with Gasteiger partial charge >= 0.3 is 6.03 Å². The monoisotopic (exact) mass is 297 g/mol. The number of hydrogen-bond donors (Lipinski definition) is 3. The molecule has 0 aromatic carbocycles. The third-order valence-electron chi connectivity index (χ3n) is 5.02. The standard InChI is InChI=1S/C16H31N3O2/c1-2-19-11-8-13(9-12-19)7-10-17-16(21)18-14-3-5-15(20)6-4-14/h13-15,20H,2-12H2,1H3,(H2,17,18,21). The van der Waals surface area contributed by atoms with Gasteiger partial charge in [0.15, 0.2) is 0 Å². The number of carbonyl (C=O) groups excluding carboxylic acids is 1. The van der Waals surface area contributed by atoms with E-state index in [1.807, 2.05) is 0 Å². The number of urea groups is 1. The highest BCUT2D eigenvalue weighted by atomic mass is 16.3. The van der Waals surface area contributed by atoms with Gasteiger partial charge in [0.1, 0.15) is 0 Å². The van der Waals surface area contributed by atoms with Crippen LogP contribution in [0.2, 0.25) is 0 Å². The van der Waals surface area contributed by atoms with E-state index in [2.05, 4.69) is 22.5 Å². The molecule has 2 rings (SSSR count). The molecule has 0 spiro atoms. The fraction of sp³-hybridized carbons (Fsp3) is 0.938. The lowest BCUT2D eigenvalue weighted by molar-refractivity contribution is 0.117. The van der Waals surface area contributed by atoms with Crippen LogP contribution >= 0.6 is 0 Å². The van der Waals surface area contributed by atoms with Crippen LogP contribution in [0.1, 0.15) is 51.9 Å². The second kappa shape index (κ2) is 8.59. The molecule has 1 saturated carbocycles. The predicted octanol–water partition coefficient (Wildman–Crippen LogP) is 1.71. The van der Waals surface area contributed by atoms with Gasteiger partial charge in [-0.15, -0.1) is 0 Å². The molecule has 5 heteroatoms. The smallest absolute Gasteiger partial charge is 0.315 e. The summed E-state index contributed by atoms with van der Waals surface area (Å²) in [4.78, 5) is 14.3. The Morgan fingerprint density at radius 1 is 1.14 bits per heavy atom. The van der Waals surface area contributed by atoms with Crippen LogP contribution in [0.25, 0.3) is 0 Å². The van der Waals surface area contributed by atoms with E-state index in [9.17, 15) is 9.90 Å². The summed E-state index contributed by atoms with van der Waals surface area (Å²) in [5, 5.41) is 15.5. The van der Waals surface area contributed by atoms with Gasteiger partial charge in [-0.3, -0.25) is 0 Å². The molecule has 1 saturated heterocycles. The Labute approximate surface area is 128 Å². The molecule has 1 aliphatic carbocycles. The molecule has 21 heavy (non-hydrogen) atoms. The summed E-state index contributed by atoms with van der Waals surface area (Å²) in [6.45, 7) is 6.56. The van der Waals surface area contributed by atoms with Crippen molar-refractivity contribution in [1.29, 1.82) is 0 Å². The summed E-state index contributed by atoms with van der Waals surface area (Å²) < 4.78 is 0. The van der Waals surface area contributed by atoms with Crippen molar-refractivity contribution in [2.24, 2.45) is 5.92 Å². The van der Waals surface area contributed by atoms with Crippen LogP contribution in [0.15, 0.2) is 0 Å². The number of aliphatic hydroxyl groups excluding tert-OH is 1. The van der Waals surface area contributed by atoms with Gasteiger partial charge in [0.05, 0.1) is 6.10 Å². The summed E-state index contributed by atoms with van der Waals surface area (Å²) >= 11 is 0. The Kier molecular flexibility index (Phi) is 6.77. The average molecular weight is 297 g/mol. The number of aliphatic hydroxyl groups is 1. The van der Waals surface area contributed by atoms with E-state index in [0.29, 0.717) is 0 Å². The van der Waals surface area contributed by atoms with E-state index in [0.717, 1.165) is 51.1 Å². The minimum atomic E-state index is -0.167. The van der Waals surface area contributed by atoms with E-state index in [-0.39, 0.29) is 18.2 Å². The Morgan fingerprint density at radius 2 is 1.81 bits per heavy atom. The molecule has 0 aromatic heterocycles. The zero-order chi connectivity index (χ0) is 15.1. The largest absolute Gasteiger partial charge is 0.393 e. The molecule has 5 nitrogen and oxygen atoms in total. The molecule has 0 atom stereocenters. The molecular formula is C16H31N3O2. The minimum Gasteiger partial charge on any atom is -0.393 e. The second-order valence-electron chi connectivity index (χ2n) is 6.57. The van der Waals surface area contributed by atoms with Gasteiger partial charge in [-0.25, -0.2) is 4.79 Å². The van der Waals surface area contributed by atoms with Crippen molar-refractivity contribution in [2.45, 2.75) is 64.0 Å². The number of carbonyl (C=O) groups is 1. The lowest BCUT2D eigenvalue weighted by Gasteiger charge is -2.31. The van der Waals surface area contributed by atoms with Gasteiger partial charge in [0, 0.05) is 12.6 Å². The first-order valence-corrected chi connectivity index (χ1v) is 8.62. The van der Waals surface area contributed by atoms with Crippen molar-refractivity contribution in [3.63, 3.8) is 0 Å². The maximum absolute atomic E-state index is 11.8. The molecule has 0 unspecified atom stereocenters. The summed E-state index contributed by atoms with van der Waals surface area (Å²) in [6, 6.07) is 0.198. The fourth-order valence-electron chi connectivity index (χ4n) is 3.44. The van der Waals surface area contributed by atoms with Crippen LogP contribution in [0.3, 0.4) is 0 Å². The SMILES string of the molecule is CCN1CCC(CCNC(=O)NC2CCC(O)CC2)CC1.